The van der Waals surface area contributed by atoms with Gasteiger partial charge in [0.2, 0.25) is 5.78 Å². The monoisotopic (exact) mass is 296 g/mol. The normalized spacial score (nSPS) is 9.45. The molecule has 0 aliphatic heterocycles. The molecular formula is C15H8N2O5. The largest absolute Gasteiger partial charge is 0.279 e. The van der Waals surface area contributed by atoms with Gasteiger partial charge in [0.25, 0.3) is 11.4 Å². The lowest BCUT2D eigenvalue weighted by molar-refractivity contribution is -0.385. The molecule has 0 atom stereocenters. The zero-order valence-electron chi connectivity index (χ0n) is 11.1. The highest BCUT2D eigenvalue weighted by Gasteiger charge is 2.07. The number of Topliss-reactive ketones (excluding diaryl/α,β-unsaturated/α-hetero) is 1. The molecule has 7 nitrogen and oxygen atoms in total. The number of hydrogen-bond acceptors (Lipinski definition) is 5. The maximum atomic E-state index is 11.8. The summed E-state index contributed by atoms with van der Waals surface area (Å²) in [5.41, 5.74) is 0.521. The molecule has 0 heterocycles. The maximum Gasteiger partial charge on any atom is 0.269 e. The fourth-order valence-electron chi connectivity index (χ4n) is 1.60. The summed E-state index contributed by atoms with van der Waals surface area (Å²) in [6, 6.07) is 10.6. The Bertz CT molecular complexity index is 799. The van der Waals surface area contributed by atoms with E-state index >= 15 is 0 Å². The van der Waals surface area contributed by atoms with Crippen LogP contribution in [0.1, 0.15) is 15.9 Å². The van der Waals surface area contributed by atoms with E-state index in [-0.39, 0.29) is 16.9 Å². The highest BCUT2D eigenvalue weighted by Crippen LogP contribution is 2.13. The molecule has 2 aromatic rings. The van der Waals surface area contributed by atoms with Crippen LogP contribution in [0.25, 0.3) is 0 Å². The third-order valence-electron chi connectivity index (χ3n) is 2.74. The molecule has 0 spiro atoms. The number of nitrogens with zero attached hydrogens (tertiary/aromatic N) is 2. The van der Waals surface area contributed by atoms with Crippen LogP contribution in [0.4, 0.5) is 11.4 Å². The van der Waals surface area contributed by atoms with E-state index in [1.54, 1.807) is 0 Å². The Morgan fingerprint density at radius 3 is 1.73 bits per heavy atom. The first-order valence-electron chi connectivity index (χ1n) is 6.02. The molecule has 108 valence electrons. The SMILES string of the molecule is O=C(C#Cc1ccc([N+](=O)[O-])cc1)c1ccc([N+](=O)[O-])cc1. The molecule has 0 saturated heterocycles. The molecule has 0 fully saturated rings. The quantitative estimate of drug-likeness (QED) is 0.375. The highest BCUT2D eigenvalue weighted by atomic mass is 16.6. The Hall–Kier alpha value is -3.53. The van der Waals surface area contributed by atoms with E-state index in [9.17, 15) is 25.0 Å². The van der Waals surface area contributed by atoms with Crippen LogP contribution < -0.4 is 0 Å². The predicted octanol–water partition coefficient (Wildman–Crippen LogP) is 2.74. The van der Waals surface area contributed by atoms with Gasteiger partial charge in [-0.15, -0.1) is 0 Å². The summed E-state index contributed by atoms with van der Waals surface area (Å²) >= 11 is 0. The van der Waals surface area contributed by atoms with Gasteiger partial charge in [-0.3, -0.25) is 25.0 Å². The van der Waals surface area contributed by atoms with Crippen molar-refractivity contribution in [1.29, 1.82) is 0 Å². The van der Waals surface area contributed by atoms with Gasteiger partial charge in [-0.25, -0.2) is 0 Å². The van der Waals surface area contributed by atoms with Gasteiger partial charge in [-0.05, 0) is 30.2 Å². The van der Waals surface area contributed by atoms with Crippen molar-refractivity contribution < 1.29 is 14.6 Å². The van der Waals surface area contributed by atoms with E-state index in [0.717, 1.165) is 0 Å². The first kappa shape index (κ1) is 14.9. The molecule has 0 saturated carbocycles. The Morgan fingerprint density at radius 2 is 1.27 bits per heavy atom. The van der Waals surface area contributed by atoms with Crippen LogP contribution >= 0.6 is 0 Å². The number of carbonyl (C=O) groups excluding carboxylic acids is 1. The fourth-order valence-corrected chi connectivity index (χ4v) is 1.60. The van der Waals surface area contributed by atoms with Crippen molar-refractivity contribution >= 4 is 17.2 Å². The molecule has 7 heteroatoms. The summed E-state index contributed by atoms with van der Waals surface area (Å²) in [7, 11) is 0. The van der Waals surface area contributed by atoms with Gasteiger partial charge in [0.15, 0.2) is 0 Å². The van der Waals surface area contributed by atoms with Gasteiger partial charge in [0, 0.05) is 35.4 Å². The number of benzene rings is 2. The van der Waals surface area contributed by atoms with Crippen molar-refractivity contribution in [1.82, 2.24) is 0 Å². The Morgan fingerprint density at radius 1 is 0.818 bits per heavy atom. The Balaban J connectivity index is 2.15. The van der Waals surface area contributed by atoms with Crippen molar-refractivity contribution in [3.8, 4) is 11.8 Å². The molecule has 0 aromatic heterocycles. The number of rotatable bonds is 3. The van der Waals surface area contributed by atoms with Crippen molar-refractivity contribution in [2.75, 3.05) is 0 Å². The van der Waals surface area contributed by atoms with E-state index in [4.69, 9.17) is 0 Å². The first-order valence-corrected chi connectivity index (χ1v) is 6.02. The van der Waals surface area contributed by atoms with E-state index < -0.39 is 15.6 Å². The number of non-ortho nitro benzene ring substituents is 2. The van der Waals surface area contributed by atoms with E-state index in [1.807, 2.05) is 0 Å². The van der Waals surface area contributed by atoms with Gasteiger partial charge in [-0.2, -0.15) is 0 Å². The molecule has 2 rings (SSSR count). The van der Waals surface area contributed by atoms with Crippen molar-refractivity contribution in [2.24, 2.45) is 0 Å². The molecule has 0 radical (unpaired) electrons. The summed E-state index contributed by atoms with van der Waals surface area (Å²) in [6.45, 7) is 0. The fraction of sp³-hybridized carbons (Fsp3) is 0. The lowest BCUT2D eigenvalue weighted by Gasteiger charge is -1.94. The Kier molecular flexibility index (Phi) is 4.24. The van der Waals surface area contributed by atoms with Crippen LogP contribution in [0, 0.1) is 32.1 Å². The average molecular weight is 296 g/mol. The average Bonchev–Trinajstić information content (AvgIpc) is 2.53. The lowest BCUT2D eigenvalue weighted by Crippen LogP contribution is -1.96. The van der Waals surface area contributed by atoms with Crippen LogP contribution in [0.5, 0.6) is 0 Å². The summed E-state index contributed by atoms with van der Waals surface area (Å²) in [5.74, 6) is 4.48. The van der Waals surface area contributed by atoms with Gasteiger partial charge >= 0.3 is 0 Å². The number of carbonyl (C=O) groups is 1. The minimum Gasteiger partial charge on any atom is -0.279 e. The minimum absolute atomic E-state index is 0.0627. The molecule has 0 aliphatic rings. The van der Waals surface area contributed by atoms with Crippen LogP contribution in [0.3, 0.4) is 0 Å². The van der Waals surface area contributed by atoms with Gasteiger partial charge in [0.05, 0.1) is 9.85 Å². The molecule has 2 aromatic carbocycles. The second-order valence-electron chi connectivity index (χ2n) is 4.19. The molecule has 0 bridgehead atoms. The Labute approximate surface area is 124 Å². The van der Waals surface area contributed by atoms with E-state index in [0.29, 0.717) is 5.56 Å². The van der Waals surface area contributed by atoms with Crippen molar-refractivity contribution in [3.63, 3.8) is 0 Å². The zero-order chi connectivity index (χ0) is 16.1. The third kappa shape index (κ3) is 3.52. The molecule has 0 amide bonds. The van der Waals surface area contributed by atoms with Crippen LogP contribution in [0.15, 0.2) is 48.5 Å². The summed E-state index contributed by atoms with van der Waals surface area (Å²) in [6.07, 6.45) is 0. The molecule has 0 N–H and O–H groups in total. The van der Waals surface area contributed by atoms with E-state index in [1.165, 1.54) is 48.5 Å². The summed E-state index contributed by atoms with van der Waals surface area (Å²) < 4.78 is 0. The summed E-state index contributed by atoms with van der Waals surface area (Å²) in [5, 5.41) is 21.0. The van der Waals surface area contributed by atoms with E-state index in [2.05, 4.69) is 11.8 Å². The second kappa shape index (κ2) is 6.28. The summed E-state index contributed by atoms with van der Waals surface area (Å²) in [4.78, 5) is 31.8. The van der Waals surface area contributed by atoms with Crippen LogP contribution in [-0.4, -0.2) is 15.6 Å². The lowest BCUT2D eigenvalue weighted by atomic mass is 10.1. The standard InChI is InChI=1S/C15H8N2O5/c18-15(12-4-8-14(9-5-12)17(21)22)10-3-11-1-6-13(7-2-11)16(19)20/h1-2,4-9H. The molecular weight excluding hydrogens is 288 g/mol. The number of ketones is 1. The number of hydrogen-bond donors (Lipinski definition) is 0. The van der Waals surface area contributed by atoms with Crippen molar-refractivity contribution in [2.45, 2.75) is 0 Å². The van der Waals surface area contributed by atoms with Crippen LogP contribution in [-0.2, 0) is 0 Å². The number of nitro benzene ring substituents is 2. The molecule has 0 aliphatic carbocycles. The van der Waals surface area contributed by atoms with Crippen LogP contribution in [0.2, 0.25) is 0 Å². The smallest absolute Gasteiger partial charge is 0.269 e. The van der Waals surface area contributed by atoms with Gasteiger partial charge < -0.3 is 0 Å². The second-order valence-corrected chi connectivity index (χ2v) is 4.19. The number of nitro groups is 2. The first-order chi connectivity index (χ1) is 10.5. The van der Waals surface area contributed by atoms with Gasteiger partial charge in [-0.1, -0.05) is 5.92 Å². The molecule has 0 unspecified atom stereocenters. The zero-order valence-corrected chi connectivity index (χ0v) is 11.1. The predicted molar refractivity (Wildman–Crippen MR) is 77.4 cm³/mol. The maximum absolute atomic E-state index is 11.8. The third-order valence-corrected chi connectivity index (χ3v) is 2.74. The molecule has 22 heavy (non-hydrogen) atoms. The van der Waals surface area contributed by atoms with Gasteiger partial charge in [0.1, 0.15) is 0 Å². The minimum atomic E-state index is -0.559. The highest BCUT2D eigenvalue weighted by molar-refractivity contribution is 6.09. The van der Waals surface area contributed by atoms with Crippen molar-refractivity contribution in [3.05, 3.63) is 79.9 Å². The topological polar surface area (TPSA) is 103 Å².